The van der Waals surface area contributed by atoms with Crippen LogP contribution in [0.1, 0.15) is 6.92 Å². The van der Waals surface area contributed by atoms with Crippen molar-refractivity contribution in [3.63, 3.8) is 0 Å². The molecule has 0 aliphatic carbocycles. The largest absolute Gasteiger partial charge is 0.480 e. The number of morpholine rings is 1. The zero-order valence-electron chi connectivity index (χ0n) is 10.6. The van der Waals surface area contributed by atoms with E-state index in [4.69, 9.17) is 14.6 Å². The topological polar surface area (TPSA) is 96.4 Å². The first kappa shape index (κ1) is 13.6. The third kappa shape index (κ3) is 2.78. The minimum atomic E-state index is -1.17. The summed E-state index contributed by atoms with van der Waals surface area (Å²) in [7, 11) is 0. The maximum Gasteiger partial charge on any atom is 0.411 e. The van der Waals surface area contributed by atoms with Crippen LogP contribution in [0.25, 0.3) is 0 Å². The number of carboxylic acids is 1. The van der Waals surface area contributed by atoms with Crippen molar-refractivity contribution in [2.45, 2.75) is 19.1 Å². The smallest absolute Gasteiger partial charge is 0.411 e. The number of aliphatic carboxylic acids is 1. The highest BCUT2D eigenvalue weighted by Gasteiger charge is 2.45. The lowest BCUT2D eigenvalue weighted by Crippen LogP contribution is -2.50. The van der Waals surface area contributed by atoms with Crippen molar-refractivity contribution in [1.82, 2.24) is 9.80 Å². The molecule has 0 radical (unpaired) electrons. The summed E-state index contributed by atoms with van der Waals surface area (Å²) < 4.78 is 9.97. The van der Waals surface area contributed by atoms with E-state index in [9.17, 15) is 14.4 Å². The minimum absolute atomic E-state index is 0.278. The van der Waals surface area contributed by atoms with E-state index in [1.165, 1.54) is 6.92 Å². The van der Waals surface area contributed by atoms with Crippen LogP contribution in [-0.2, 0) is 19.1 Å². The van der Waals surface area contributed by atoms with Crippen LogP contribution in [0.4, 0.5) is 4.79 Å². The van der Waals surface area contributed by atoms with Crippen LogP contribution in [0.5, 0.6) is 0 Å². The second-order valence-corrected chi connectivity index (χ2v) is 4.49. The highest BCUT2D eigenvalue weighted by Crippen LogP contribution is 2.19. The third-order valence-electron chi connectivity index (χ3n) is 3.22. The van der Waals surface area contributed by atoms with E-state index < -0.39 is 24.2 Å². The van der Waals surface area contributed by atoms with Gasteiger partial charge in [-0.15, -0.1) is 0 Å². The van der Waals surface area contributed by atoms with Crippen LogP contribution in [0, 0.1) is 0 Å². The van der Waals surface area contributed by atoms with Gasteiger partial charge in [0.25, 0.3) is 0 Å². The fraction of sp³-hybridized carbons (Fsp3) is 0.727. The Kier molecular flexibility index (Phi) is 3.89. The Labute approximate surface area is 109 Å². The van der Waals surface area contributed by atoms with Gasteiger partial charge in [0.15, 0.2) is 6.04 Å². The Morgan fingerprint density at radius 2 is 2.00 bits per heavy atom. The van der Waals surface area contributed by atoms with Crippen molar-refractivity contribution in [2.75, 3.05) is 32.8 Å². The van der Waals surface area contributed by atoms with Crippen molar-refractivity contribution < 1.29 is 29.0 Å². The van der Waals surface area contributed by atoms with E-state index in [-0.39, 0.29) is 12.5 Å². The highest BCUT2D eigenvalue weighted by molar-refractivity contribution is 5.88. The number of amides is 2. The molecule has 2 heterocycles. The van der Waals surface area contributed by atoms with Gasteiger partial charge in [0, 0.05) is 13.1 Å². The fourth-order valence-electron chi connectivity index (χ4n) is 2.21. The second kappa shape index (κ2) is 5.43. The number of carboxylic acid groups (broad SMARTS) is 1. The van der Waals surface area contributed by atoms with Gasteiger partial charge in [-0.2, -0.15) is 0 Å². The monoisotopic (exact) mass is 272 g/mol. The molecule has 0 aromatic carbocycles. The van der Waals surface area contributed by atoms with Crippen molar-refractivity contribution >= 4 is 18.0 Å². The van der Waals surface area contributed by atoms with E-state index in [1.807, 2.05) is 0 Å². The highest BCUT2D eigenvalue weighted by atomic mass is 16.6. The molecule has 19 heavy (non-hydrogen) atoms. The van der Waals surface area contributed by atoms with Gasteiger partial charge < -0.3 is 19.5 Å². The standard InChI is InChI=1S/C11H16N2O6/c1-7-9(10(15)16)13(11(17)19-7)6-8(14)12-2-4-18-5-3-12/h7,9H,2-6H2,1H3,(H,15,16). The Morgan fingerprint density at radius 1 is 1.37 bits per heavy atom. The second-order valence-electron chi connectivity index (χ2n) is 4.49. The molecule has 2 saturated heterocycles. The molecule has 2 fully saturated rings. The molecular weight excluding hydrogens is 256 g/mol. The molecule has 2 rings (SSSR count). The quantitative estimate of drug-likeness (QED) is 0.718. The molecule has 2 amide bonds. The van der Waals surface area contributed by atoms with Crippen LogP contribution >= 0.6 is 0 Å². The number of ether oxygens (including phenoxy) is 2. The SMILES string of the molecule is CC1OC(=O)N(CC(=O)N2CCOCC2)C1C(=O)O. The third-order valence-corrected chi connectivity index (χ3v) is 3.22. The first-order valence-electron chi connectivity index (χ1n) is 6.06. The van der Waals surface area contributed by atoms with Gasteiger partial charge >= 0.3 is 12.1 Å². The molecule has 2 aliphatic heterocycles. The van der Waals surface area contributed by atoms with E-state index in [0.717, 1.165) is 4.90 Å². The summed E-state index contributed by atoms with van der Waals surface area (Å²) in [6.07, 6.45) is -1.52. The Hall–Kier alpha value is -1.83. The Morgan fingerprint density at radius 3 is 2.58 bits per heavy atom. The number of carbonyl (C=O) groups excluding carboxylic acids is 2. The number of nitrogens with zero attached hydrogens (tertiary/aromatic N) is 2. The molecule has 1 N–H and O–H groups in total. The lowest BCUT2D eigenvalue weighted by molar-refractivity contribution is -0.144. The van der Waals surface area contributed by atoms with Crippen LogP contribution in [-0.4, -0.2) is 77.9 Å². The van der Waals surface area contributed by atoms with E-state index in [1.54, 1.807) is 4.90 Å². The average molecular weight is 272 g/mol. The van der Waals surface area contributed by atoms with Crippen molar-refractivity contribution in [1.29, 1.82) is 0 Å². The Balaban J connectivity index is 2.01. The molecule has 8 heteroatoms. The normalized spacial score (nSPS) is 27.3. The number of hydrogen-bond acceptors (Lipinski definition) is 5. The van der Waals surface area contributed by atoms with Crippen molar-refractivity contribution in [3.05, 3.63) is 0 Å². The molecule has 0 spiro atoms. The molecule has 0 aromatic rings. The lowest BCUT2D eigenvalue weighted by atomic mass is 10.2. The van der Waals surface area contributed by atoms with Crippen LogP contribution < -0.4 is 0 Å². The summed E-state index contributed by atoms with van der Waals surface area (Å²) in [5, 5.41) is 9.08. The van der Waals surface area contributed by atoms with Crippen molar-refractivity contribution in [2.24, 2.45) is 0 Å². The van der Waals surface area contributed by atoms with Gasteiger partial charge in [-0.05, 0) is 6.92 Å². The summed E-state index contributed by atoms with van der Waals surface area (Å²) in [5.41, 5.74) is 0. The predicted molar refractivity (Wildman–Crippen MR) is 61.5 cm³/mol. The van der Waals surface area contributed by atoms with E-state index in [0.29, 0.717) is 26.3 Å². The summed E-state index contributed by atoms with van der Waals surface area (Å²) in [4.78, 5) is 37.2. The summed E-state index contributed by atoms with van der Waals surface area (Å²) in [6.45, 7) is 3.03. The summed E-state index contributed by atoms with van der Waals surface area (Å²) >= 11 is 0. The molecule has 0 aromatic heterocycles. The molecule has 2 atom stereocenters. The molecule has 0 bridgehead atoms. The van der Waals surface area contributed by atoms with E-state index >= 15 is 0 Å². The van der Waals surface area contributed by atoms with Gasteiger partial charge in [0.05, 0.1) is 13.2 Å². The minimum Gasteiger partial charge on any atom is -0.480 e. The molecule has 0 saturated carbocycles. The van der Waals surface area contributed by atoms with Gasteiger partial charge in [-0.1, -0.05) is 0 Å². The fourth-order valence-corrected chi connectivity index (χ4v) is 2.21. The van der Waals surface area contributed by atoms with Crippen LogP contribution in [0.3, 0.4) is 0 Å². The maximum absolute atomic E-state index is 12.0. The Bertz CT molecular complexity index is 393. The number of cyclic esters (lactones) is 1. The number of carbonyl (C=O) groups is 3. The molecular formula is C11H16N2O6. The average Bonchev–Trinajstić information content (AvgIpc) is 2.65. The van der Waals surface area contributed by atoms with Crippen molar-refractivity contribution in [3.8, 4) is 0 Å². The molecule has 8 nitrogen and oxygen atoms in total. The molecule has 2 aliphatic rings. The predicted octanol–water partition coefficient (Wildman–Crippen LogP) is -0.861. The zero-order chi connectivity index (χ0) is 14.0. The summed E-state index contributed by atoms with van der Waals surface area (Å²) in [6, 6.07) is -1.11. The van der Waals surface area contributed by atoms with Gasteiger partial charge in [-0.25, -0.2) is 9.59 Å². The zero-order valence-corrected chi connectivity index (χ0v) is 10.6. The lowest BCUT2D eigenvalue weighted by Gasteiger charge is -2.29. The molecule has 2 unspecified atom stereocenters. The first-order valence-corrected chi connectivity index (χ1v) is 6.06. The van der Waals surface area contributed by atoms with Crippen LogP contribution in [0.2, 0.25) is 0 Å². The number of rotatable bonds is 3. The van der Waals surface area contributed by atoms with Gasteiger partial charge in [0.2, 0.25) is 5.91 Å². The first-order chi connectivity index (χ1) is 9.00. The van der Waals surface area contributed by atoms with Gasteiger partial charge in [-0.3, -0.25) is 9.69 Å². The van der Waals surface area contributed by atoms with E-state index in [2.05, 4.69) is 0 Å². The number of hydrogen-bond donors (Lipinski definition) is 1. The molecule has 106 valence electrons. The van der Waals surface area contributed by atoms with Gasteiger partial charge in [0.1, 0.15) is 12.6 Å². The maximum atomic E-state index is 12.0. The summed E-state index contributed by atoms with van der Waals surface area (Å²) in [5.74, 6) is -1.46. The van der Waals surface area contributed by atoms with Crippen LogP contribution in [0.15, 0.2) is 0 Å².